The molecule has 0 spiro atoms. The molecular formula is C13H19N2NaO6. The van der Waals surface area contributed by atoms with E-state index in [1.807, 2.05) is 0 Å². The molecule has 0 N–H and O–H groups in total. The van der Waals surface area contributed by atoms with Crippen molar-refractivity contribution in [3.63, 3.8) is 0 Å². The number of aromatic nitrogens is 2. The molecule has 0 aliphatic carbocycles. The van der Waals surface area contributed by atoms with Gasteiger partial charge in [0, 0.05) is 6.61 Å². The molecule has 0 aliphatic heterocycles. The minimum absolute atomic E-state index is 0. The standard InChI is InChI=1S/C13H20N2O6.Na/c1-6-20-13(2,3)10(11(16)17)21-12-14-8(18-4)7-9(15-12)19-5;/h7,10H,6H2,1-5H3,(H,16,17);/q;+1/p-1. The topological polar surface area (TPSA) is 103 Å². The second-order valence-corrected chi connectivity index (χ2v) is 4.59. The SMILES string of the molecule is CCOC(C)(C)C(Oc1nc(OC)cc(OC)n1)C(=O)[O-].[Na+]. The normalized spacial score (nSPS) is 12.0. The molecule has 0 saturated carbocycles. The van der Waals surface area contributed by atoms with Crippen molar-refractivity contribution in [2.24, 2.45) is 0 Å². The van der Waals surface area contributed by atoms with Crippen molar-refractivity contribution in [1.82, 2.24) is 9.97 Å². The Hall–Kier alpha value is -1.09. The first kappa shape index (κ1) is 20.9. The first-order valence-corrected chi connectivity index (χ1v) is 6.32. The molecule has 1 heterocycles. The van der Waals surface area contributed by atoms with Crippen LogP contribution < -0.4 is 48.9 Å². The number of carboxylic acid groups (broad SMARTS) is 1. The van der Waals surface area contributed by atoms with Crippen molar-refractivity contribution in [3.05, 3.63) is 6.07 Å². The molecule has 1 aromatic rings. The number of carboxylic acids is 1. The van der Waals surface area contributed by atoms with Crippen LogP contribution in [0.4, 0.5) is 0 Å². The molecule has 1 atom stereocenters. The summed E-state index contributed by atoms with van der Waals surface area (Å²) in [4.78, 5) is 19.1. The number of carbonyl (C=O) groups excluding carboxylic acids is 1. The number of hydrogen-bond donors (Lipinski definition) is 0. The first-order valence-electron chi connectivity index (χ1n) is 6.32. The average molecular weight is 322 g/mol. The van der Waals surface area contributed by atoms with E-state index in [9.17, 15) is 9.90 Å². The molecule has 1 aromatic heterocycles. The molecule has 0 aromatic carbocycles. The van der Waals surface area contributed by atoms with E-state index in [-0.39, 0.29) is 47.3 Å². The summed E-state index contributed by atoms with van der Waals surface area (Å²) in [7, 11) is 2.82. The van der Waals surface area contributed by atoms with E-state index >= 15 is 0 Å². The third-order valence-electron chi connectivity index (χ3n) is 2.66. The summed E-state index contributed by atoms with van der Waals surface area (Å²) < 4.78 is 20.6. The monoisotopic (exact) mass is 322 g/mol. The molecule has 22 heavy (non-hydrogen) atoms. The fraction of sp³-hybridized carbons (Fsp3) is 0.615. The molecule has 9 heteroatoms. The molecule has 0 bridgehead atoms. The van der Waals surface area contributed by atoms with Gasteiger partial charge in [-0.3, -0.25) is 0 Å². The number of methoxy groups -OCH3 is 2. The number of rotatable bonds is 8. The summed E-state index contributed by atoms with van der Waals surface area (Å²) in [5.41, 5.74) is -1.12. The number of aliphatic carboxylic acids is 1. The summed E-state index contributed by atoms with van der Waals surface area (Å²) in [5.74, 6) is -1.06. The maximum atomic E-state index is 11.3. The van der Waals surface area contributed by atoms with E-state index in [1.54, 1.807) is 20.8 Å². The molecule has 8 nitrogen and oxygen atoms in total. The largest absolute Gasteiger partial charge is 1.00 e. The molecule has 0 amide bonds. The summed E-state index contributed by atoms with van der Waals surface area (Å²) in [5, 5.41) is 11.3. The summed E-state index contributed by atoms with van der Waals surface area (Å²) in [6.07, 6.45) is -1.39. The predicted molar refractivity (Wildman–Crippen MR) is 70.3 cm³/mol. The summed E-state index contributed by atoms with van der Waals surface area (Å²) in [6, 6.07) is 1.24. The van der Waals surface area contributed by atoms with Crippen LogP contribution in [0, 0.1) is 0 Å². The van der Waals surface area contributed by atoms with Crippen molar-refractivity contribution in [3.8, 4) is 17.8 Å². The number of carbonyl (C=O) groups is 1. The van der Waals surface area contributed by atoms with Crippen molar-refractivity contribution < 1.29 is 58.4 Å². The number of nitrogens with zero attached hydrogens (tertiary/aromatic N) is 2. The van der Waals surface area contributed by atoms with Crippen LogP contribution in [-0.2, 0) is 9.53 Å². The zero-order chi connectivity index (χ0) is 16.0. The first-order chi connectivity index (χ1) is 9.83. The molecular weight excluding hydrogens is 303 g/mol. The van der Waals surface area contributed by atoms with E-state index in [0.717, 1.165) is 0 Å². The van der Waals surface area contributed by atoms with Gasteiger partial charge >= 0.3 is 35.6 Å². The average Bonchev–Trinajstić information content (AvgIpc) is 2.43. The Morgan fingerprint density at radius 2 is 1.77 bits per heavy atom. The Balaban J connectivity index is 0.00000441. The van der Waals surface area contributed by atoms with Crippen molar-refractivity contribution in [1.29, 1.82) is 0 Å². The van der Waals surface area contributed by atoms with Crippen LogP contribution in [0.15, 0.2) is 6.07 Å². The van der Waals surface area contributed by atoms with Crippen molar-refractivity contribution in [2.75, 3.05) is 20.8 Å². The zero-order valence-corrected chi connectivity index (χ0v) is 15.7. The van der Waals surface area contributed by atoms with Crippen LogP contribution in [0.2, 0.25) is 0 Å². The van der Waals surface area contributed by atoms with Crippen molar-refractivity contribution in [2.45, 2.75) is 32.5 Å². The third-order valence-corrected chi connectivity index (χ3v) is 2.66. The smallest absolute Gasteiger partial charge is 0.546 e. The van der Waals surface area contributed by atoms with Gasteiger partial charge in [-0.2, -0.15) is 9.97 Å². The fourth-order valence-electron chi connectivity index (χ4n) is 1.67. The zero-order valence-electron chi connectivity index (χ0n) is 13.7. The van der Waals surface area contributed by atoms with Gasteiger partial charge in [-0.05, 0) is 20.8 Å². The number of hydrogen-bond acceptors (Lipinski definition) is 8. The summed E-state index contributed by atoms with van der Waals surface area (Å²) in [6.45, 7) is 5.23. The van der Waals surface area contributed by atoms with Gasteiger partial charge in [0.1, 0.15) is 5.60 Å². The van der Waals surface area contributed by atoms with Gasteiger partial charge in [-0.1, -0.05) is 0 Å². The Morgan fingerprint density at radius 3 is 2.14 bits per heavy atom. The van der Waals surface area contributed by atoms with Gasteiger partial charge in [0.25, 0.3) is 0 Å². The Labute approximate surface area is 151 Å². The second kappa shape index (κ2) is 9.14. The second-order valence-electron chi connectivity index (χ2n) is 4.59. The van der Waals surface area contributed by atoms with Crippen LogP contribution in [0.5, 0.6) is 17.8 Å². The third kappa shape index (κ3) is 5.60. The van der Waals surface area contributed by atoms with E-state index in [4.69, 9.17) is 18.9 Å². The van der Waals surface area contributed by atoms with Gasteiger partial charge in [0.15, 0.2) is 6.10 Å². The van der Waals surface area contributed by atoms with E-state index in [0.29, 0.717) is 6.61 Å². The van der Waals surface area contributed by atoms with E-state index < -0.39 is 17.7 Å². The minimum Gasteiger partial charge on any atom is -0.546 e. The van der Waals surface area contributed by atoms with Gasteiger partial charge in [0.2, 0.25) is 11.8 Å². The van der Waals surface area contributed by atoms with Crippen molar-refractivity contribution >= 4 is 5.97 Å². The van der Waals surface area contributed by atoms with Crippen LogP contribution in [0.3, 0.4) is 0 Å². The molecule has 1 unspecified atom stereocenters. The van der Waals surface area contributed by atoms with Gasteiger partial charge in [-0.25, -0.2) is 0 Å². The maximum absolute atomic E-state index is 11.3. The van der Waals surface area contributed by atoms with Crippen LogP contribution in [0.1, 0.15) is 20.8 Å². The Morgan fingerprint density at radius 1 is 1.27 bits per heavy atom. The molecule has 1 rings (SSSR count). The van der Waals surface area contributed by atoms with E-state index in [2.05, 4.69) is 9.97 Å². The van der Waals surface area contributed by atoms with Crippen LogP contribution in [0.25, 0.3) is 0 Å². The van der Waals surface area contributed by atoms with Gasteiger partial charge < -0.3 is 28.8 Å². The van der Waals surface area contributed by atoms with Gasteiger partial charge in [0.05, 0.1) is 26.3 Å². The molecule has 0 fully saturated rings. The molecule has 0 saturated heterocycles. The summed E-state index contributed by atoms with van der Waals surface area (Å²) >= 11 is 0. The van der Waals surface area contributed by atoms with Crippen LogP contribution >= 0.6 is 0 Å². The Bertz CT molecular complexity index is 475. The van der Waals surface area contributed by atoms with E-state index in [1.165, 1.54) is 20.3 Å². The number of ether oxygens (including phenoxy) is 4. The van der Waals surface area contributed by atoms with Crippen LogP contribution in [-0.4, -0.2) is 48.5 Å². The molecule has 118 valence electrons. The predicted octanol–water partition coefficient (Wildman–Crippen LogP) is -3.19. The molecule has 0 aliphatic rings. The van der Waals surface area contributed by atoms with Gasteiger partial charge in [-0.15, -0.1) is 0 Å². The minimum atomic E-state index is -1.43. The molecule has 0 radical (unpaired) electrons. The fourth-order valence-corrected chi connectivity index (χ4v) is 1.67. The quantitative estimate of drug-likeness (QED) is 0.461. The maximum Gasteiger partial charge on any atom is 1.00 e. The Kier molecular flexibility index (Phi) is 8.69.